The van der Waals surface area contributed by atoms with Crippen LogP contribution in [0.1, 0.15) is 24.0 Å². The molecule has 2 aromatic carbocycles. The van der Waals surface area contributed by atoms with Crippen molar-refractivity contribution in [2.24, 2.45) is 0 Å². The minimum atomic E-state index is -3.59. The molecule has 1 aliphatic rings. The van der Waals surface area contributed by atoms with Crippen molar-refractivity contribution in [2.75, 3.05) is 13.1 Å². The summed E-state index contributed by atoms with van der Waals surface area (Å²) in [5.41, 5.74) is 1.79. The summed E-state index contributed by atoms with van der Waals surface area (Å²) >= 11 is 0. The third-order valence-electron chi connectivity index (χ3n) is 4.68. The summed E-state index contributed by atoms with van der Waals surface area (Å²) in [4.78, 5) is 0.267. The number of rotatable bonds is 6. The first kappa shape index (κ1) is 20.7. The Labute approximate surface area is 167 Å². The molecule has 0 aromatic heterocycles. The maximum absolute atomic E-state index is 12.7. The second-order valence-electron chi connectivity index (χ2n) is 6.87. The zero-order valence-electron chi connectivity index (χ0n) is 15.7. The molecule has 1 N–H and O–H groups in total. The molecule has 0 aliphatic carbocycles. The molecule has 0 atom stereocenters. The molecule has 1 saturated heterocycles. The van der Waals surface area contributed by atoms with E-state index in [2.05, 4.69) is 4.72 Å². The number of nitrogens with one attached hydrogen (secondary N) is 1. The van der Waals surface area contributed by atoms with E-state index in [1.54, 1.807) is 30.3 Å². The van der Waals surface area contributed by atoms with Gasteiger partial charge in [0.05, 0.1) is 4.90 Å². The third-order valence-corrected chi connectivity index (χ3v) is 7.75. The van der Waals surface area contributed by atoms with Gasteiger partial charge in [-0.1, -0.05) is 48.0 Å². The fourth-order valence-corrected chi connectivity index (χ4v) is 5.66. The fourth-order valence-electron chi connectivity index (χ4n) is 3.08. The van der Waals surface area contributed by atoms with Gasteiger partial charge in [0, 0.05) is 24.5 Å². The second-order valence-corrected chi connectivity index (χ2v) is 10.4. The molecule has 150 valence electrons. The van der Waals surface area contributed by atoms with Crippen LogP contribution in [0.4, 0.5) is 0 Å². The van der Waals surface area contributed by atoms with Crippen LogP contribution in [0.2, 0.25) is 0 Å². The highest BCUT2D eigenvalue weighted by Gasteiger charge is 2.30. The van der Waals surface area contributed by atoms with Crippen molar-refractivity contribution in [1.29, 1.82) is 0 Å². The van der Waals surface area contributed by atoms with E-state index in [0.29, 0.717) is 12.8 Å². The summed E-state index contributed by atoms with van der Waals surface area (Å²) in [6.07, 6.45) is 2.41. The third kappa shape index (κ3) is 5.29. The number of sulfonamides is 2. The molecule has 28 heavy (non-hydrogen) atoms. The quantitative estimate of drug-likeness (QED) is 0.779. The Bertz CT molecular complexity index is 1020. The van der Waals surface area contributed by atoms with Crippen LogP contribution in [0.15, 0.2) is 64.9 Å². The maximum Gasteiger partial charge on any atom is 0.243 e. The summed E-state index contributed by atoms with van der Waals surface area (Å²) in [6, 6.07) is 15.6. The lowest BCUT2D eigenvalue weighted by atomic mass is 10.1. The van der Waals surface area contributed by atoms with E-state index < -0.39 is 20.0 Å². The maximum atomic E-state index is 12.7. The van der Waals surface area contributed by atoms with Crippen LogP contribution in [0.5, 0.6) is 0 Å². The van der Waals surface area contributed by atoms with E-state index in [1.807, 2.05) is 37.3 Å². The molecule has 1 heterocycles. The predicted molar refractivity (Wildman–Crippen MR) is 110 cm³/mol. The van der Waals surface area contributed by atoms with Crippen molar-refractivity contribution in [3.63, 3.8) is 0 Å². The minimum Gasteiger partial charge on any atom is -0.208 e. The number of benzene rings is 2. The van der Waals surface area contributed by atoms with Gasteiger partial charge in [-0.15, -0.1) is 0 Å². The summed E-state index contributed by atoms with van der Waals surface area (Å²) < 4.78 is 54.1. The van der Waals surface area contributed by atoms with E-state index >= 15 is 0 Å². The van der Waals surface area contributed by atoms with Crippen LogP contribution in [0.25, 0.3) is 6.08 Å². The first-order chi connectivity index (χ1) is 13.3. The Hall–Kier alpha value is -2.00. The van der Waals surface area contributed by atoms with Crippen LogP contribution in [0, 0.1) is 6.92 Å². The van der Waals surface area contributed by atoms with Gasteiger partial charge in [-0.05, 0) is 43.5 Å². The number of hydrogen-bond donors (Lipinski definition) is 1. The van der Waals surface area contributed by atoms with Gasteiger partial charge in [0.2, 0.25) is 20.0 Å². The highest BCUT2D eigenvalue weighted by molar-refractivity contribution is 7.92. The molecule has 0 spiro atoms. The van der Waals surface area contributed by atoms with Crippen molar-refractivity contribution in [2.45, 2.75) is 30.7 Å². The zero-order valence-corrected chi connectivity index (χ0v) is 17.3. The Balaban J connectivity index is 1.59. The SMILES string of the molecule is Cc1ccc(S(=O)(=O)N2CCC(NS(=O)(=O)C=Cc3ccccc3)CC2)cc1. The van der Waals surface area contributed by atoms with Gasteiger partial charge < -0.3 is 0 Å². The molecule has 1 aliphatic heterocycles. The van der Waals surface area contributed by atoms with Crippen molar-refractivity contribution in [3.8, 4) is 0 Å². The first-order valence-electron chi connectivity index (χ1n) is 9.08. The van der Waals surface area contributed by atoms with Gasteiger partial charge in [-0.2, -0.15) is 4.31 Å². The van der Waals surface area contributed by atoms with Crippen LogP contribution in [0.3, 0.4) is 0 Å². The predicted octanol–water partition coefficient (Wildman–Crippen LogP) is 2.74. The van der Waals surface area contributed by atoms with E-state index in [0.717, 1.165) is 16.5 Å². The number of hydrogen-bond acceptors (Lipinski definition) is 4. The molecular formula is C20H24N2O4S2. The van der Waals surface area contributed by atoms with Crippen LogP contribution in [-0.4, -0.2) is 40.3 Å². The van der Waals surface area contributed by atoms with Gasteiger partial charge in [-0.25, -0.2) is 21.6 Å². The number of piperidine rings is 1. The molecule has 0 saturated carbocycles. The Kier molecular flexibility index (Phi) is 6.34. The molecule has 2 aromatic rings. The molecule has 6 nitrogen and oxygen atoms in total. The largest absolute Gasteiger partial charge is 0.243 e. The monoisotopic (exact) mass is 420 g/mol. The molecular weight excluding hydrogens is 396 g/mol. The van der Waals surface area contributed by atoms with Gasteiger partial charge in [0.15, 0.2) is 0 Å². The summed E-state index contributed by atoms with van der Waals surface area (Å²) in [7, 11) is -7.14. The van der Waals surface area contributed by atoms with Crippen molar-refractivity contribution >= 4 is 26.1 Å². The van der Waals surface area contributed by atoms with Gasteiger partial charge >= 0.3 is 0 Å². The lowest BCUT2D eigenvalue weighted by Gasteiger charge is -2.31. The van der Waals surface area contributed by atoms with E-state index in [1.165, 1.54) is 4.31 Å². The Morgan fingerprint density at radius 2 is 1.54 bits per heavy atom. The molecule has 3 rings (SSSR count). The fraction of sp³-hybridized carbons (Fsp3) is 0.300. The summed E-state index contributed by atoms with van der Waals surface area (Å²) in [5, 5.41) is 1.15. The minimum absolute atomic E-state index is 0.267. The van der Waals surface area contributed by atoms with E-state index in [4.69, 9.17) is 0 Å². The Morgan fingerprint density at radius 3 is 2.14 bits per heavy atom. The zero-order chi connectivity index (χ0) is 20.2. The number of nitrogens with zero attached hydrogens (tertiary/aromatic N) is 1. The molecule has 0 amide bonds. The van der Waals surface area contributed by atoms with Gasteiger partial charge in [-0.3, -0.25) is 0 Å². The van der Waals surface area contributed by atoms with E-state index in [9.17, 15) is 16.8 Å². The lowest BCUT2D eigenvalue weighted by Crippen LogP contribution is -2.46. The molecule has 0 unspecified atom stereocenters. The average Bonchev–Trinajstić information content (AvgIpc) is 2.68. The summed E-state index contributed by atoms with van der Waals surface area (Å²) in [6.45, 7) is 2.47. The van der Waals surface area contributed by atoms with Gasteiger partial charge in [0.25, 0.3) is 0 Å². The van der Waals surface area contributed by atoms with Crippen LogP contribution >= 0.6 is 0 Å². The van der Waals surface area contributed by atoms with Gasteiger partial charge in [0.1, 0.15) is 0 Å². The average molecular weight is 421 g/mol. The molecule has 0 bridgehead atoms. The molecule has 8 heteroatoms. The first-order valence-corrected chi connectivity index (χ1v) is 12.1. The van der Waals surface area contributed by atoms with Crippen molar-refractivity contribution in [1.82, 2.24) is 9.03 Å². The second kappa shape index (κ2) is 8.57. The standard InChI is InChI=1S/C20H24N2O4S2/c1-17-7-9-20(10-8-17)28(25,26)22-14-11-19(12-15-22)21-27(23,24)16-13-18-5-3-2-4-6-18/h2-10,13,16,19,21H,11-12,14-15H2,1H3. The molecule has 1 fully saturated rings. The van der Waals surface area contributed by atoms with Crippen LogP contribution in [-0.2, 0) is 20.0 Å². The lowest BCUT2D eigenvalue weighted by molar-refractivity contribution is 0.309. The highest BCUT2D eigenvalue weighted by atomic mass is 32.2. The van der Waals surface area contributed by atoms with Crippen molar-refractivity contribution in [3.05, 3.63) is 71.1 Å². The topological polar surface area (TPSA) is 83.6 Å². The molecule has 0 radical (unpaired) electrons. The smallest absolute Gasteiger partial charge is 0.208 e. The number of aryl methyl sites for hydroxylation is 1. The van der Waals surface area contributed by atoms with E-state index in [-0.39, 0.29) is 24.0 Å². The highest BCUT2D eigenvalue weighted by Crippen LogP contribution is 2.21. The van der Waals surface area contributed by atoms with Crippen molar-refractivity contribution < 1.29 is 16.8 Å². The van der Waals surface area contributed by atoms with Crippen LogP contribution < -0.4 is 4.72 Å². The normalized spacial score (nSPS) is 17.2. The Morgan fingerprint density at radius 1 is 0.929 bits per heavy atom. The summed E-state index contributed by atoms with van der Waals surface area (Å²) in [5.74, 6) is 0.